The van der Waals surface area contributed by atoms with E-state index in [1.165, 1.54) is 12.1 Å². The van der Waals surface area contributed by atoms with Crippen molar-refractivity contribution in [2.45, 2.75) is 38.5 Å². The summed E-state index contributed by atoms with van der Waals surface area (Å²) in [7, 11) is 0. The standard InChI is InChI=1S/C19H25FN2O2/c20-17-9-7-15(8-10-17)5-6-16-3-1-11-21(13-16)19(24)14-22-12-2-4-18(22)23/h7-10,16H,1-6,11-14H2/t16-/m1/s1. The molecule has 0 radical (unpaired) electrons. The van der Waals surface area contributed by atoms with Gasteiger partial charge >= 0.3 is 0 Å². The number of benzene rings is 1. The van der Waals surface area contributed by atoms with Crippen LogP contribution in [-0.4, -0.2) is 47.8 Å². The molecular weight excluding hydrogens is 307 g/mol. The minimum atomic E-state index is -0.204. The van der Waals surface area contributed by atoms with Gasteiger partial charge in [0.05, 0.1) is 6.54 Å². The average molecular weight is 332 g/mol. The molecule has 0 aromatic heterocycles. The van der Waals surface area contributed by atoms with Gasteiger partial charge in [0, 0.05) is 26.1 Å². The summed E-state index contributed by atoms with van der Waals surface area (Å²) in [5.74, 6) is 0.469. The van der Waals surface area contributed by atoms with Crippen molar-refractivity contribution in [2.75, 3.05) is 26.2 Å². The van der Waals surface area contributed by atoms with Crippen molar-refractivity contribution in [2.24, 2.45) is 5.92 Å². The van der Waals surface area contributed by atoms with E-state index in [4.69, 9.17) is 0 Å². The third kappa shape index (κ3) is 4.34. The van der Waals surface area contributed by atoms with Crippen LogP contribution in [0.2, 0.25) is 0 Å². The van der Waals surface area contributed by atoms with Crippen LogP contribution in [0.1, 0.15) is 37.7 Å². The molecule has 5 heteroatoms. The van der Waals surface area contributed by atoms with Crippen molar-refractivity contribution >= 4 is 11.8 Å². The number of piperidine rings is 1. The average Bonchev–Trinajstić information content (AvgIpc) is 2.99. The Balaban J connectivity index is 1.47. The SMILES string of the molecule is O=C1CCCN1CC(=O)N1CCC[C@H](CCc2ccc(F)cc2)C1. The molecule has 1 aromatic rings. The monoisotopic (exact) mass is 332 g/mol. The Labute approximate surface area is 142 Å². The second kappa shape index (κ2) is 7.77. The molecule has 0 N–H and O–H groups in total. The Bertz CT molecular complexity index is 588. The van der Waals surface area contributed by atoms with Crippen LogP contribution in [0.25, 0.3) is 0 Å². The Morgan fingerprint density at radius 3 is 2.67 bits per heavy atom. The number of nitrogens with zero attached hydrogens (tertiary/aromatic N) is 2. The number of halogens is 1. The fraction of sp³-hybridized carbons (Fsp3) is 0.579. The van der Waals surface area contributed by atoms with Crippen LogP contribution in [0, 0.1) is 11.7 Å². The maximum Gasteiger partial charge on any atom is 0.242 e. The third-order valence-electron chi connectivity index (χ3n) is 5.12. The number of carbonyl (C=O) groups excluding carboxylic acids is 2. The summed E-state index contributed by atoms with van der Waals surface area (Å²) in [6, 6.07) is 6.66. The molecule has 3 rings (SSSR count). The highest BCUT2D eigenvalue weighted by Gasteiger charge is 2.28. The van der Waals surface area contributed by atoms with Gasteiger partial charge in [-0.25, -0.2) is 4.39 Å². The highest BCUT2D eigenvalue weighted by molar-refractivity contribution is 5.85. The molecule has 2 heterocycles. The van der Waals surface area contributed by atoms with Crippen molar-refractivity contribution < 1.29 is 14.0 Å². The Hall–Kier alpha value is -1.91. The molecule has 0 spiro atoms. The van der Waals surface area contributed by atoms with Crippen LogP contribution in [-0.2, 0) is 16.0 Å². The van der Waals surface area contributed by atoms with Gasteiger partial charge in [-0.05, 0) is 55.7 Å². The number of hydrogen-bond donors (Lipinski definition) is 0. The quantitative estimate of drug-likeness (QED) is 0.832. The minimum absolute atomic E-state index is 0.0803. The van der Waals surface area contributed by atoms with Gasteiger partial charge in [0.15, 0.2) is 0 Å². The van der Waals surface area contributed by atoms with E-state index in [2.05, 4.69) is 0 Å². The van der Waals surface area contributed by atoms with Crippen LogP contribution in [0.5, 0.6) is 0 Å². The smallest absolute Gasteiger partial charge is 0.242 e. The van der Waals surface area contributed by atoms with Gasteiger partial charge in [-0.3, -0.25) is 9.59 Å². The Morgan fingerprint density at radius 1 is 1.17 bits per heavy atom. The van der Waals surface area contributed by atoms with E-state index in [9.17, 15) is 14.0 Å². The van der Waals surface area contributed by atoms with Gasteiger partial charge in [-0.15, -0.1) is 0 Å². The van der Waals surface area contributed by atoms with E-state index in [1.807, 2.05) is 17.0 Å². The van der Waals surface area contributed by atoms with Crippen molar-refractivity contribution in [1.82, 2.24) is 9.80 Å². The molecule has 0 aliphatic carbocycles. The molecule has 0 bridgehead atoms. The predicted molar refractivity (Wildman–Crippen MR) is 89.8 cm³/mol. The molecule has 2 fully saturated rings. The largest absolute Gasteiger partial charge is 0.341 e. The summed E-state index contributed by atoms with van der Waals surface area (Å²) in [5, 5.41) is 0. The first-order valence-electron chi connectivity index (χ1n) is 8.92. The minimum Gasteiger partial charge on any atom is -0.341 e. The lowest BCUT2D eigenvalue weighted by Gasteiger charge is -2.34. The molecule has 0 unspecified atom stereocenters. The van der Waals surface area contributed by atoms with Gasteiger partial charge in [0.1, 0.15) is 5.82 Å². The van der Waals surface area contributed by atoms with Crippen LogP contribution in [0.4, 0.5) is 4.39 Å². The zero-order valence-electron chi connectivity index (χ0n) is 14.0. The van der Waals surface area contributed by atoms with E-state index < -0.39 is 0 Å². The second-order valence-electron chi connectivity index (χ2n) is 6.93. The molecule has 2 aliphatic heterocycles. The highest BCUT2D eigenvalue weighted by Crippen LogP contribution is 2.22. The molecule has 1 atom stereocenters. The first-order chi connectivity index (χ1) is 11.6. The van der Waals surface area contributed by atoms with Gasteiger partial charge < -0.3 is 9.80 Å². The normalized spacial score (nSPS) is 21.4. The van der Waals surface area contributed by atoms with Gasteiger partial charge in [-0.2, -0.15) is 0 Å². The lowest BCUT2D eigenvalue weighted by Crippen LogP contribution is -2.45. The zero-order valence-corrected chi connectivity index (χ0v) is 14.0. The van der Waals surface area contributed by atoms with Crippen molar-refractivity contribution in [3.05, 3.63) is 35.6 Å². The first kappa shape index (κ1) is 16.9. The molecule has 2 aliphatic rings. The Kier molecular flexibility index (Phi) is 5.48. The number of aryl methyl sites for hydroxylation is 1. The van der Waals surface area contributed by atoms with Gasteiger partial charge in [0.2, 0.25) is 11.8 Å². The van der Waals surface area contributed by atoms with Crippen LogP contribution in [0.15, 0.2) is 24.3 Å². The zero-order chi connectivity index (χ0) is 16.9. The molecule has 130 valence electrons. The van der Waals surface area contributed by atoms with Crippen molar-refractivity contribution in [1.29, 1.82) is 0 Å². The van der Waals surface area contributed by atoms with Crippen LogP contribution in [0.3, 0.4) is 0 Å². The predicted octanol–water partition coefficient (Wildman–Crippen LogP) is 2.62. The molecule has 1 aromatic carbocycles. The molecular formula is C19H25FN2O2. The molecule has 24 heavy (non-hydrogen) atoms. The summed E-state index contributed by atoms with van der Waals surface area (Å²) in [6.45, 7) is 2.53. The van der Waals surface area contributed by atoms with Crippen LogP contribution >= 0.6 is 0 Å². The topological polar surface area (TPSA) is 40.6 Å². The summed E-state index contributed by atoms with van der Waals surface area (Å²) in [6.07, 6.45) is 5.52. The maximum absolute atomic E-state index is 12.9. The van der Waals surface area contributed by atoms with Crippen LogP contribution < -0.4 is 0 Å². The van der Waals surface area contributed by atoms with E-state index in [0.29, 0.717) is 18.9 Å². The van der Waals surface area contributed by atoms with Gasteiger partial charge in [-0.1, -0.05) is 12.1 Å². The Morgan fingerprint density at radius 2 is 1.96 bits per heavy atom. The molecule has 2 saturated heterocycles. The number of likely N-dealkylation sites (tertiary alicyclic amines) is 2. The van der Waals surface area contributed by atoms with E-state index in [1.54, 1.807) is 4.90 Å². The third-order valence-corrected chi connectivity index (χ3v) is 5.12. The van der Waals surface area contributed by atoms with Crippen molar-refractivity contribution in [3.63, 3.8) is 0 Å². The number of amides is 2. The summed E-state index contributed by atoms with van der Waals surface area (Å²) < 4.78 is 12.9. The fourth-order valence-corrected chi connectivity index (χ4v) is 3.68. The number of rotatable bonds is 5. The van der Waals surface area contributed by atoms with E-state index >= 15 is 0 Å². The molecule has 0 saturated carbocycles. The second-order valence-corrected chi connectivity index (χ2v) is 6.93. The molecule has 2 amide bonds. The van der Waals surface area contributed by atoms with Gasteiger partial charge in [0.25, 0.3) is 0 Å². The summed E-state index contributed by atoms with van der Waals surface area (Å²) in [5.41, 5.74) is 1.14. The number of carbonyl (C=O) groups is 2. The molecule has 4 nitrogen and oxygen atoms in total. The van der Waals surface area contributed by atoms with E-state index in [-0.39, 0.29) is 24.2 Å². The lowest BCUT2D eigenvalue weighted by atomic mass is 9.91. The first-order valence-corrected chi connectivity index (χ1v) is 8.92. The number of hydrogen-bond acceptors (Lipinski definition) is 2. The van der Waals surface area contributed by atoms with E-state index in [0.717, 1.165) is 50.8 Å². The summed E-state index contributed by atoms with van der Waals surface area (Å²) in [4.78, 5) is 27.7. The maximum atomic E-state index is 12.9. The van der Waals surface area contributed by atoms with Crippen molar-refractivity contribution in [3.8, 4) is 0 Å². The fourth-order valence-electron chi connectivity index (χ4n) is 3.68. The highest BCUT2D eigenvalue weighted by atomic mass is 19.1. The lowest BCUT2D eigenvalue weighted by molar-refractivity contribution is -0.139. The summed E-state index contributed by atoms with van der Waals surface area (Å²) >= 11 is 0.